The average molecular weight is 321 g/mol. The van der Waals surface area contributed by atoms with E-state index in [4.69, 9.17) is 16.0 Å². The molecule has 22 heavy (non-hydrogen) atoms. The van der Waals surface area contributed by atoms with E-state index in [1.54, 1.807) is 18.2 Å². The normalized spacial score (nSPS) is 16.5. The molecule has 1 fully saturated rings. The van der Waals surface area contributed by atoms with Crippen LogP contribution in [-0.4, -0.2) is 10.2 Å². The second-order valence-electron chi connectivity index (χ2n) is 5.74. The Kier molecular flexibility index (Phi) is 4.88. The van der Waals surface area contributed by atoms with Crippen molar-refractivity contribution in [2.24, 2.45) is 5.92 Å². The van der Waals surface area contributed by atoms with Gasteiger partial charge in [0.15, 0.2) is 0 Å². The molecule has 2 aromatic rings. The number of rotatable bonds is 4. The predicted molar refractivity (Wildman–Crippen MR) is 84.9 cm³/mol. The van der Waals surface area contributed by atoms with Crippen LogP contribution in [0.4, 0.5) is 4.39 Å². The van der Waals surface area contributed by atoms with Gasteiger partial charge in [0.25, 0.3) is 0 Å². The molecule has 0 N–H and O–H groups in total. The first-order chi connectivity index (χ1) is 10.7. The Morgan fingerprint density at radius 3 is 2.77 bits per heavy atom. The van der Waals surface area contributed by atoms with Crippen LogP contribution in [-0.2, 0) is 6.42 Å². The van der Waals surface area contributed by atoms with Gasteiger partial charge in [-0.25, -0.2) is 4.39 Å². The van der Waals surface area contributed by atoms with Crippen molar-refractivity contribution >= 4 is 23.8 Å². The van der Waals surface area contributed by atoms with Crippen molar-refractivity contribution in [2.75, 3.05) is 0 Å². The van der Waals surface area contributed by atoms with E-state index < -0.39 is 0 Å². The second kappa shape index (κ2) is 7.05. The Hall–Kier alpha value is -1.68. The van der Waals surface area contributed by atoms with Crippen molar-refractivity contribution < 1.29 is 8.81 Å². The first-order valence-corrected chi connectivity index (χ1v) is 8.04. The van der Waals surface area contributed by atoms with Gasteiger partial charge in [0.05, 0.1) is 5.02 Å². The minimum Gasteiger partial charge on any atom is -0.421 e. The third-order valence-corrected chi connectivity index (χ3v) is 4.37. The van der Waals surface area contributed by atoms with Crippen molar-refractivity contribution in [3.05, 3.63) is 46.4 Å². The third kappa shape index (κ3) is 3.95. The molecule has 116 valence electrons. The highest BCUT2D eigenvalue weighted by Crippen LogP contribution is 2.26. The van der Waals surface area contributed by atoms with Crippen molar-refractivity contribution in [1.82, 2.24) is 10.2 Å². The van der Waals surface area contributed by atoms with E-state index in [2.05, 4.69) is 10.2 Å². The van der Waals surface area contributed by atoms with Crippen LogP contribution in [0.25, 0.3) is 12.2 Å². The summed E-state index contributed by atoms with van der Waals surface area (Å²) >= 11 is 5.97. The molecule has 1 aromatic carbocycles. The first-order valence-electron chi connectivity index (χ1n) is 7.66. The molecule has 0 spiro atoms. The minimum atomic E-state index is -0.352. The lowest BCUT2D eigenvalue weighted by Gasteiger charge is -2.19. The molecule has 1 saturated carbocycles. The van der Waals surface area contributed by atoms with Crippen molar-refractivity contribution in [2.45, 2.75) is 38.5 Å². The number of hydrogen-bond donors (Lipinski definition) is 0. The molecule has 5 heteroatoms. The summed E-state index contributed by atoms with van der Waals surface area (Å²) in [6.07, 6.45) is 10.8. The third-order valence-electron chi connectivity index (χ3n) is 4.04. The fourth-order valence-corrected chi connectivity index (χ4v) is 3.08. The molecule has 3 rings (SSSR count). The molecular weight excluding hydrogens is 303 g/mol. The Morgan fingerprint density at radius 2 is 2.00 bits per heavy atom. The molecule has 0 amide bonds. The van der Waals surface area contributed by atoms with E-state index >= 15 is 0 Å². The first kappa shape index (κ1) is 15.2. The van der Waals surface area contributed by atoms with Crippen LogP contribution < -0.4 is 0 Å². The Balaban J connectivity index is 1.64. The van der Waals surface area contributed by atoms with Gasteiger partial charge in [-0.15, -0.1) is 10.2 Å². The molecule has 1 aromatic heterocycles. The van der Waals surface area contributed by atoms with Gasteiger partial charge in [-0.2, -0.15) is 0 Å². The number of halogens is 2. The molecule has 0 radical (unpaired) electrons. The average Bonchev–Trinajstić information content (AvgIpc) is 2.95. The van der Waals surface area contributed by atoms with Crippen LogP contribution in [0.1, 0.15) is 49.4 Å². The van der Waals surface area contributed by atoms with Crippen LogP contribution in [0.3, 0.4) is 0 Å². The number of aromatic nitrogens is 2. The van der Waals surface area contributed by atoms with E-state index in [1.807, 2.05) is 0 Å². The highest BCUT2D eigenvalue weighted by Gasteiger charge is 2.16. The molecule has 1 aliphatic rings. The van der Waals surface area contributed by atoms with Crippen molar-refractivity contribution in [3.63, 3.8) is 0 Å². The highest BCUT2D eigenvalue weighted by atomic mass is 35.5. The van der Waals surface area contributed by atoms with Crippen LogP contribution in [0.5, 0.6) is 0 Å². The van der Waals surface area contributed by atoms with E-state index in [-0.39, 0.29) is 5.82 Å². The summed E-state index contributed by atoms with van der Waals surface area (Å²) in [4.78, 5) is 0. The predicted octanol–water partition coefficient (Wildman–Crippen LogP) is 5.16. The topological polar surface area (TPSA) is 38.9 Å². The van der Waals surface area contributed by atoms with Gasteiger partial charge in [0.1, 0.15) is 5.82 Å². The Bertz CT molecular complexity index is 662. The quantitative estimate of drug-likeness (QED) is 0.781. The maximum absolute atomic E-state index is 13.0. The largest absolute Gasteiger partial charge is 0.421 e. The lowest BCUT2D eigenvalue weighted by molar-refractivity contribution is 0.328. The van der Waals surface area contributed by atoms with Crippen molar-refractivity contribution in [1.29, 1.82) is 0 Å². The maximum atomic E-state index is 13.0. The summed E-state index contributed by atoms with van der Waals surface area (Å²) in [5, 5.41) is 8.48. The second-order valence-corrected chi connectivity index (χ2v) is 6.15. The monoisotopic (exact) mass is 320 g/mol. The molecule has 3 nitrogen and oxygen atoms in total. The summed E-state index contributed by atoms with van der Waals surface area (Å²) in [6, 6.07) is 4.27. The van der Waals surface area contributed by atoms with E-state index in [1.165, 1.54) is 44.2 Å². The SMILES string of the molecule is Fc1ccc(/C=C/c2nnc(CC3CCCCC3)o2)c(Cl)c1. The minimum absolute atomic E-state index is 0.352. The van der Waals surface area contributed by atoms with Gasteiger partial charge in [-0.3, -0.25) is 0 Å². The molecular formula is C17H18ClFN2O. The van der Waals surface area contributed by atoms with Gasteiger partial charge < -0.3 is 4.42 Å². The summed E-state index contributed by atoms with van der Waals surface area (Å²) in [6.45, 7) is 0. The zero-order valence-electron chi connectivity index (χ0n) is 12.3. The standard InChI is InChI=1S/C17H18ClFN2O/c18-15-11-14(19)8-6-13(15)7-9-16-20-21-17(22-16)10-12-4-2-1-3-5-12/h6-9,11-12H,1-5,10H2/b9-7+. The van der Waals surface area contributed by atoms with Crippen LogP contribution in [0, 0.1) is 11.7 Å². The van der Waals surface area contributed by atoms with Gasteiger partial charge >= 0.3 is 0 Å². The highest BCUT2D eigenvalue weighted by molar-refractivity contribution is 6.32. The zero-order chi connectivity index (χ0) is 15.4. The molecule has 0 aliphatic heterocycles. The summed E-state index contributed by atoms with van der Waals surface area (Å²) in [7, 11) is 0. The smallest absolute Gasteiger partial charge is 0.240 e. The maximum Gasteiger partial charge on any atom is 0.240 e. The molecule has 0 saturated heterocycles. The lowest BCUT2D eigenvalue weighted by Crippen LogP contribution is -2.09. The van der Waals surface area contributed by atoms with Crippen molar-refractivity contribution in [3.8, 4) is 0 Å². The van der Waals surface area contributed by atoms with E-state index in [0.717, 1.165) is 12.0 Å². The molecule has 0 bridgehead atoms. The number of hydrogen-bond acceptors (Lipinski definition) is 3. The zero-order valence-corrected chi connectivity index (χ0v) is 13.0. The van der Waals surface area contributed by atoms with Crippen LogP contribution in [0.15, 0.2) is 22.6 Å². The van der Waals surface area contributed by atoms with Gasteiger partial charge in [0, 0.05) is 12.5 Å². The Morgan fingerprint density at radius 1 is 1.18 bits per heavy atom. The molecule has 0 unspecified atom stereocenters. The Labute approximate surface area is 134 Å². The number of nitrogens with zero attached hydrogens (tertiary/aromatic N) is 2. The van der Waals surface area contributed by atoms with E-state index in [9.17, 15) is 4.39 Å². The van der Waals surface area contributed by atoms with E-state index in [0.29, 0.717) is 22.7 Å². The van der Waals surface area contributed by atoms with Gasteiger partial charge in [-0.05, 0) is 42.5 Å². The summed E-state index contributed by atoms with van der Waals surface area (Å²) in [5.41, 5.74) is 0.718. The fraction of sp³-hybridized carbons (Fsp3) is 0.412. The molecule has 1 heterocycles. The van der Waals surface area contributed by atoms with Gasteiger partial charge in [-0.1, -0.05) is 36.9 Å². The molecule has 1 aliphatic carbocycles. The molecule has 0 atom stereocenters. The van der Waals surface area contributed by atoms with Crippen LogP contribution >= 0.6 is 11.6 Å². The number of benzene rings is 1. The van der Waals surface area contributed by atoms with Crippen LogP contribution in [0.2, 0.25) is 5.02 Å². The summed E-state index contributed by atoms with van der Waals surface area (Å²) in [5.74, 6) is 1.45. The summed E-state index contributed by atoms with van der Waals surface area (Å²) < 4.78 is 18.6. The fourth-order valence-electron chi connectivity index (χ4n) is 2.85. The lowest BCUT2D eigenvalue weighted by atomic mass is 9.87. The van der Waals surface area contributed by atoms with Gasteiger partial charge in [0.2, 0.25) is 11.8 Å².